The first-order valence-corrected chi connectivity index (χ1v) is 9.29. The first kappa shape index (κ1) is 17.4. The maximum absolute atomic E-state index is 12.3. The van der Waals surface area contributed by atoms with Gasteiger partial charge in [-0.25, -0.2) is 19.4 Å². The Morgan fingerprint density at radius 2 is 2.14 bits per heavy atom. The molecule has 146 valence electrons. The van der Waals surface area contributed by atoms with E-state index < -0.39 is 0 Å². The topological polar surface area (TPSA) is 102 Å². The van der Waals surface area contributed by atoms with E-state index in [-0.39, 0.29) is 24.1 Å². The van der Waals surface area contributed by atoms with Gasteiger partial charge in [-0.3, -0.25) is 9.69 Å². The van der Waals surface area contributed by atoms with Crippen molar-refractivity contribution in [2.24, 2.45) is 0 Å². The molecule has 1 aromatic carbocycles. The van der Waals surface area contributed by atoms with E-state index in [9.17, 15) is 9.59 Å². The van der Waals surface area contributed by atoms with Gasteiger partial charge in [0, 0.05) is 18.7 Å². The second-order valence-corrected chi connectivity index (χ2v) is 7.09. The van der Waals surface area contributed by atoms with Gasteiger partial charge in [0.05, 0.1) is 18.3 Å². The molecule has 0 spiro atoms. The van der Waals surface area contributed by atoms with Crippen LogP contribution in [0.1, 0.15) is 12.5 Å². The molecular formula is C20H18N6O3. The average molecular weight is 390 g/mol. The molecule has 0 bridgehead atoms. The van der Waals surface area contributed by atoms with Crippen LogP contribution in [-0.2, 0) is 16.0 Å². The van der Waals surface area contributed by atoms with Gasteiger partial charge in [-0.1, -0.05) is 6.07 Å². The number of rotatable bonds is 4. The molecule has 1 N–H and O–H groups in total. The second kappa shape index (κ2) is 6.69. The van der Waals surface area contributed by atoms with Crippen molar-refractivity contribution in [2.45, 2.75) is 25.5 Å². The highest BCUT2D eigenvalue weighted by molar-refractivity contribution is 5.94. The summed E-state index contributed by atoms with van der Waals surface area (Å²) in [6.07, 6.45) is 4.82. The standard InChI is InChI=1S/C20H18N6O3/c1-12(27)22-9-18-17-7-15-6-13(2-4-16(15)26(17)20(28)29-18)14-3-5-19(23-8-14)25-11-21-10-24-25/h2-6,8,10-11,17-18H,7,9H2,1H3,(H,22,27)/t17?,18-/m0/s1. The monoisotopic (exact) mass is 390 g/mol. The van der Waals surface area contributed by atoms with Gasteiger partial charge in [0.1, 0.15) is 18.8 Å². The van der Waals surface area contributed by atoms with E-state index in [4.69, 9.17) is 4.74 Å². The Morgan fingerprint density at radius 3 is 2.86 bits per heavy atom. The highest BCUT2D eigenvalue weighted by atomic mass is 16.6. The van der Waals surface area contributed by atoms with Crippen molar-refractivity contribution >= 4 is 17.7 Å². The predicted octanol–water partition coefficient (Wildman–Crippen LogP) is 1.72. The molecule has 29 heavy (non-hydrogen) atoms. The van der Waals surface area contributed by atoms with Crippen molar-refractivity contribution in [3.8, 4) is 16.9 Å². The lowest BCUT2D eigenvalue weighted by atomic mass is 10.0. The summed E-state index contributed by atoms with van der Waals surface area (Å²) >= 11 is 0. The Kier molecular flexibility index (Phi) is 4.01. The first-order chi connectivity index (χ1) is 14.1. The molecule has 9 nitrogen and oxygen atoms in total. The average Bonchev–Trinajstić information content (AvgIpc) is 3.44. The van der Waals surface area contributed by atoms with E-state index in [1.807, 2.05) is 24.3 Å². The molecule has 2 aliphatic heterocycles. The SMILES string of the molecule is CC(=O)NC[C@@H]1OC(=O)N2c3ccc(-c4ccc(-n5cncn5)nc4)cc3CC12. The van der Waals surface area contributed by atoms with E-state index in [0.717, 1.165) is 22.4 Å². The Labute approximate surface area is 166 Å². The normalized spacial score (nSPS) is 19.6. The molecule has 1 unspecified atom stereocenters. The Bertz CT molecular complexity index is 1080. The van der Waals surface area contributed by atoms with Crippen LogP contribution in [0.5, 0.6) is 0 Å². The summed E-state index contributed by atoms with van der Waals surface area (Å²) in [6.45, 7) is 1.77. The Morgan fingerprint density at radius 1 is 1.28 bits per heavy atom. The molecule has 3 aromatic rings. The number of ether oxygens (including phenoxy) is 1. The summed E-state index contributed by atoms with van der Waals surface area (Å²) in [5.41, 5.74) is 3.94. The smallest absolute Gasteiger partial charge is 0.415 e. The Hall–Kier alpha value is -3.75. The van der Waals surface area contributed by atoms with E-state index in [1.54, 1.807) is 22.1 Å². The number of hydrogen-bond donors (Lipinski definition) is 1. The predicted molar refractivity (Wildman–Crippen MR) is 104 cm³/mol. The molecule has 0 aliphatic carbocycles. The summed E-state index contributed by atoms with van der Waals surface area (Å²) in [6, 6.07) is 9.77. The van der Waals surface area contributed by atoms with Crippen molar-refractivity contribution in [2.75, 3.05) is 11.4 Å². The first-order valence-electron chi connectivity index (χ1n) is 9.29. The third-order valence-corrected chi connectivity index (χ3v) is 5.26. The third-order valence-electron chi connectivity index (χ3n) is 5.26. The van der Waals surface area contributed by atoms with Crippen LogP contribution in [0.25, 0.3) is 16.9 Å². The molecule has 4 heterocycles. The lowest BCUT2D eigenvalue weighted by Gasteiger charge is -2.16. The van der Waals surface area contributed by atoms with Gasteiger partial charge >= 0.3 is 6.09 Å². The molecule has 9 heteroatoms. The van der Waals surface area contributed by atoms with Crippen LogP contribution in [-0.4, -0.2) is 50.4 Å². The zero-order valence-corrected chi connectivity index (χ0v) is 15.6. The molecule has 2 atom stereocenters. The van der Waals surface area contributed by atoms with E-state index >= 15 is 0 Å². The Balaban J connectivity index is 1.39. The number of hydrogen-bond acceptors (Lipinski definition) is 6. The van der Waals surface area contributed by atoms with Gasteiger partial charge in [0.25, 0.3) is 0 Å². The maximum atomic E-state index is 12.3. The highest BCUT2D eigenvalue weighted by Crippen LogP contribution is 2.40. The van der Waals surface area contributed by atoms with Crippen molar-refractivity contribution in [1.82, 2.24) is 25.1 Å². The number of carbonyl (C=O) groups is 2. The summed E-state index contributed by atoms with van der Waals surface area (Å²) < 4.78 is 7.05. The molecule has 0 saturated carbocycles. The van der Waals surface area contributed by atoms with Gasteiger partial charge < -0.3 is 10.1 Å². The number of pyridine rings is 1. The molecule has 2 aliphatic rings. The summed E-state index contributed by atoms with van der Waals surface area (Å²) in [5.74, 6) is 0.552. The number of cyclic esters (lactones) is 1. The van der Waals surface area contributed by atoms with Crippen LogP contribution in [0.4, 0.5) is 10.5 Å². The maximum Gasteiger partial charge on any atom is 0.415 e. The zero-order valence-electron chi connectivity index (χ0n) is 15.6. The van der Waals surface area contributed by atoms with Gasteiger partial charge in [-0.2, -0.15) is 5.10 Å². The molecule has 1 saturated heterocycles. The number of amides is 2. The number of anilines is 1. The van der Waals surface area contributed by atoms with Crippen LogP contribution in [0.3, 0.4) is 0 Å². The second-order valence-electron chi connectivity index (χ2n) is 7.09. The minimum atomic E-state index is -0.365. The van der Waals surface area contributed by atoms with Crippen LogP contribution >= 0.6 is 0 Å². The fraction of sp³-hybridized carbons (Fsp3) is 0.250. The zero-order chi connectivity index (χ0) is 20.0. The van der Waals surface area contributed by atoms with E-state index in [0.29, 0.717) is 18.8 Å². The number of carbonyl (C=O) groups excluding carboxylic acids is 2. The van der Waals surface area contributed by atoms with E-state index in [1.165, 1.54) is 13.3 Å². The van der Waals surface area contributed by atoms with Crippen LogP contribution in [0.2, 0.25) is 0 Å². The molecule has 2 amide bonds. The minimum absolute atomic E-state index is 0.104. The fourth-order valence-corrected chi connectivity index (χ4v) is 3.90. The van der Waals surface area contributed by atoms with Crippen molar-refractivity contribution in [3.05, 3.63) is 54.7 Å². The largest absolute Gasteiger partial charge is 0.442 e. The number of nitrogens with zero attached hydrogens (tertiary/aromatic N) is 5. The lowest BCUT2D eigenvalue weighted by molar-refractivity contribution is -0.119. The fourth-order valence-electron chi connectivity index (χ4n) is 3.90. The van der Waals surface area contributed by atoms with Crippen LogP contribution in [0.15, 0.2) is 49.2 Å². The van der Waals surface area contributed by atoms with E-state index in [2.05, 4.69) is 26.4 Å². The lowest BCUT2D eigenvalue weighted by Crippen LogP contribution is -2.40. The van der Waals surface area contributed by atoms with Crippen LogP contribution in [0, 0.1) is 0 Å². The third kappa shape index (κ3) is 3.00. The number of benzene rings is 1. The van der Waals surface area contributed by atoms with Crippen LogP contribution < -0.4 is 10.2 Å². The number of fused-ring (bicyclic) bond motifs is 3. The minimum Gasteiger partial charge on any atom is -0.442 e. The quantitative estimate of drug-likeness (QED) is 0.728. The van der Waals surface area contributed by atoms with Gasteiger partial charge in [0.15, 0.2) is 5.82 Å². The number of nitrogens with one attached hydrogen (secondary N) is 1. The van der Waals surface area contributed by atoms with Gasteiger partial charge in [-0.05, 0) is 41.8 Å². The summed E-state index contributed by atoms with van der Waals surface area (Å²) in [7, 11) is 0. The summed E-state index contributed by atoms with van der Waals surface area (Å²) in [5, 5.41) is 6.82. The van der Waals surface area contributed by atoms with Crippen molar-refractivity contribution in [1.29, 1.82) is 0 Å². The molecule has 0 radical (unpaired) electrons. The van der Waals surface area contributed by atoms with Crippen molar-refractivity contribution in [3.63, 3.8) is 0 Å². The number of aromatic nitrogens is 4. The molecule has 1 fully saturated rings. The molecule has 2 aromatic heterocycles. The summed E-state index contributed by atoms with van der Waals surface area (Å²) in [4.78, 5) is 33.6. The molecule has 5 rings (SSSR count). The molecular weight excluding hydrogens is 372 g/mol. The van der Waals surface area contributed by atoms with Gasteiger partial charge in [0.2, 0.25) is 5.91 Å². The van der Waals surface area contributed by atoms with Gasteiger partial charge in [-0.15, -0.1) is 0 Å². The highest BCUT2D eigenvalue weighted by Gasteiger charge is 2.47. The van der Waals surface area contributed by atoms with Crippen molar-refractivity contribution < 1.29 is 14.3 Å².